The van der Waals surface area contributed by atoms with Gasteiger partial charge in [0, 0.05) is 5.56 Å². The normalized spacial score (nSPS) is 29.1. The lowest BCUT2D eigenvalue weighted by molar-refractivity contribution is -0.167. The molecule has 0 spiro atoms. The molecule has 86 valence electrons. The number of rotatable bonds is 2. The molecule has 1 fully saturated rings. The molecule has 0 saturated carbocycles. The zero-order valence-corrected chi connectivity index (χ0v) is 8.96. The molecule has 3 rings (SSSR count). The zero-order valence-electron chi connectivity index (χ0n) is 8.96. The van der Waals surface area contributed by atoms with Crippen molar-refractivity contribution in [3.05, 3.63) is 29.8 Å². The van der Waals surface area contributed by atoms with Crippen LogP contribution in [0.15, 0.2) is 24.3 Å². The minimum Gasteiger partial charge on any atom is -0.490 e. The SMILES string of the molecule is NC1c2ccccc2OCC1OC1COC1. The number of nitrogens with two attached hydrogens (primary N) is 1. The summed E-state index contributed by atoms with van der Waals surface area (Å²) in [5.41, 5.74) is 7.20. The third-order valence-corrected chi connectivity index (χ3v) is 3.06. The first-order valence-corrected chi connectivity index (χ1v) is 5.55. The average Bonchev–Trinajstić information content (AvgIpc) is 2.26. The molecular weight excluding hydrogens is 206 g/mol. The molecule has 2 aliphatic heterocycles. The number of fused-ring (bicyclic) bond motifs is 1. The maximum absolute atomic E-state index is 6.17. The van der Waals surface area contributed by atoms with E-state index in [1.165, 1.54) is 0 Å². The fraction of sp³-hybridized carbons (Fsp3) is 0.500. The summed E-state index contributed by atoms with van der Waals surface area (Å²) in [6.07, 6.45) is 0.119. The Kier molecular flexibility index (Phi) is 2.55. The Morgan fingerprint density at radius 2 is 2.00 bits per heavy atom. The molecule has 0 radical (unpaired) electrons. The molecule has 0 amide bonds. The highest BCUT2D eigenvalue weighted by molar-refractivity contribution is 5.38. The molecule has 2 N–H and O–H groups in total. The van der Waals surface area contributed by atoms with E-state index in [2.05, 4.69) is 0 Å². The molecule has 2 unspecified atom stereocenters. The standard InChI is InChI=1S/C12H15NO3/c13-12-9-3-1-2-4-10(9)15-7-11(12)16-8-5-14-6-8/h1-4,8,11-12H,5-7,13H2. The van der Waals surface area contributed by atoms with Crippen molar-refractivity contribution in [2.24, 2.45) is 5.73 Å². The van der Waals surface area contributed by atoms with Crippen LogP contribution in [0.1, 0.15) is 11.6 Å². The van der Waals surface area contributed by atoms with Gasteiger partial charge in [0.25, 0.3) is 0 Å². The first-order valence-electron chi connectivity index (χ1n) is 5.55. The van der Waals surface area contributed by atoms with E-state index >= 15 is 0 Å². The minimum absolute atomic E-state index is 0.0659. The van der Waals surface area contributed by atoms with Crippen molar-refractivity contribution in [1.29, 1.82) is 0 Å². The molecule has 1 saturated heterocycles. The fourth-order valence-electron chi connectivity index (χ4n) is 2.03. The van der Waals surface area contributed by atoms with Crippen LogP contribution in [0.4, 0.5) is 0 Å². The van der Waals surface area contributed by atoms with Gasteiger partial charge >= 0.3 is 0 Å². The third kappa shape index (κ3) is 1.69. The lowest BCUT2D eigenvalue weighted by Gasteiger charge is -2.36. The number of hydrogen-bond acceptors (Lipinski definition) is 4. The predicted molar refractivity (Wildman–Crippen MR) is 58.3 cm³/mol. The largest absolute Gasteiger partial charge is 0.490 e. The van der Waals surface area contributed by atoms with E-state index < -0.39 is 0 Å². The Morgan fingerprint density at radius 1 is 1.19 bits per heavy atom. The van der Waals surface area contributed by atoms with Crippen molar-refractivity contribution >= 4 is 0 Å². The summed E-state index contributed by atoms with van der Waals surface area (Å²) in [5, 5.41) is 0. The Labute approximate surface area is 94.3 Å². The predicted octanol–water partition coefficient (Wildman–Crippen LogP) is 0.863. The molecule has 4 heteroatoms. The van der Waals surface area contributed by atoms with Crippen molar-refractivity contribution in [2.75, 3.05) is 19.8 Å². The molecule has 2 atom stereocenters. The van der Waals surface area contributed by atoms with Crippen LogP contribution >= 0.6 is 0 Å². The van der Waals surface area contributed by atoms with E-state index in [0.717, 1.165) is 11.3 Å². The van der Waals surface area contributed by atoms with Crippen LogP contribution in [0.3, 0.4) is 0 Å². The van der Waals surface area contributed by atoms with Gasteiger partial charge < -0.3 is 19.9 Å². The van der Waals surface area contributed by atoms with Crippen molar-refractivity contribution in [2.45, 2.75) is 18.2 Å². The summed E-state index contributed by atoms with van der Waals surface area (Å²) in [4.78, 5) is 0. The molecule has 0 aromatic heterocycles. The van der Waals surface area contributed by atoms with E-state index in [-0.39, 0.29) is 18.2 Å². The van der Waals surface area contributed by atoms with E-state index in [9.17, 15) is 0 Å². The van der Waals surface area contributed by atoms with Gasteiger partial charge in [-0.05, 0) is 6.07 Å². The van der Waals surface area contributed by atoms with Crippen LogP contribution in [-0.2, 0) is 9.47 Å². The van der Waals surface area contributed by atoms with Crippen molar-refractivity contribution in [3.8, 4) is 5.75 Å². The van der Waals surface area contributed by atoms with Crippen LogP contribution in [0, 0.1) is 0 Å². The van der Waals surface area contributed by atoms with E-state index in [1.807, 2.05) is 24.3 Å². The highest BCUT2D eigenvalue weighted by Gasteiger charge is 2.32. The topological polar surface area (TPSA) is 53.7 Å². The number of benzene rings is 1. The second-order valence-electron chi connectivity index (χ2n) is 4.21. The second-order valence-corrected chi connectivity index (χ2v) is 4.21. The van der Waals surface area contributed by atoms with Gasteiger partial charge in [-0.15, -0.1) is 0 Å². The lowest BCUT2D eigenvalue weighted by Crippen LogP contribution is -2.46. The highest BCUT2D eigenvalue weighted by Crippen LogP contribution is 2.32. The van der Waals surface area contributed by atoms with Gasteiger partial charge in [0.15, 0.2) is 0 Å². The highest BCUT2D eigenvalue weighted by atomic mass is 16.6. The van der Waals surface area contributed by atoms with Gasteiger partial charge in [-0.3, -0.25) is 0 Å². The summed E-state index contributed by atoms with van der Waals surface area (Å²) in [6.45, 7) is 1.87. The Balaban J connectivity index is 1.75. The van der Waals surface area contributed by atoms with Gasteiger partial charge in [0.2, 0.25) is 0 Å². The van der Waals surface area contributed by atoms with Gasteiger partial charge in [-0.1, -0.05) is 18.2 Å². The molecule has 0 bridgehead atoms. The summed E-state index contributed by atoms with van der Waals surface area (Å²) in [7, 11) is 0. The second kappa shape index (κ2) is 4.05. The van der Waals surface area contributed by atoms with Crippen LogP contribution in [-0.4, -0.2) is 32.0 Å². The van der Waals surface area contributed by atoms with Crippen molar-refractivity contribution < 1.29 is 14.2 Å². The third-order valence-electron chi connectivity index (χ3n) is 3.06. The molecule has 2 heterocycles. The average molecular weight is 221 g/mol. The number of ether oxygens (including phenoxy) is 3. The van der Waals surface area contributed by atoms with Gasteiger partial charge in [0.1, 0.15) is 24.6 Å². The van der Waals surface area contributed by atoms with Gasteiger partial charge in [-0.2, -0.15) is 0 Å². The van der Waals surface area contributed by atoms with Gasteiger partial charge in [-0.25, -0.2) is 0 Å². The molecular formula is C12H15NO3. The summed E-state index contributed by atoms with van der Waals surface area (Å²) in [6, 6.07) is 7.75. The molecule has 0 aliphatic carbocycles. The molecule has 16 heavy (non-hydrogen) atoms. The molecule has 4 nitrogen and oxygen atoms in total. The quantitative estimate of drug-likeness (QED) is 0.805. The summed E-state index contributed by atoms with van der Waals surface area (Å²) in [5.74, 6) is 0.875. The summed E-state index contributed by atoms with van der Waals surface area (Å²) < 4.78 is 16.5. The van der Waals surface area contributed by atoms with Crippen LogP contribution < -0.4 is 10.5 Å². The lowest BCUT2D eigenvalue weighted by atomic mass is 9.99. The maximum Gasteiger partial charge on any atom is 0.124 e. The van der Waals surface area contributed by atoms with Crippen LogP contribution in [0.5, 0.6) is 5.75 Å². The van der Waals surface area contributed by atoms with Crippen LogP contribution in [0.2, 0.25) is 0 Å². The van der Waals surface area contributed by atoms with Gasteiger partial charge in [0.05, 0.1) is 19.3 Å². The first kappa shape index (κ1) is 10.1. The minimum atomic E-state index is -0.106. The molecule has 1 aromatic carbocycles. The van der Waals surface area contributed by atoms with E-state index in [1.54, 1.807) is 0 Å². The Bertz CT molecular complexity index is 378. The van der Waals surface area contributed by atoms with E-state index in [4.69, 9.17) is 19.9 Å². The Hall–Kier alpha value is -1.10. The first-order chi connectivity index (χ1) is 7.84. The van der Waals surface area contributed by atoms with Crippen molar-refractivity contribution in [1.82, 2.24) is 0 Å². The fourth-order valence-corrected chi connectivity index (χ4v) is 2.03. The number of para-hydroxylation sites is 1. The maximum atomic E-state index is 6.17. The monoisotopic (exact) mass is 221 g/mol. The van der Waals surface area contributed by atoms with Crippen LogP contribution in [0.25, 0.3) is 0 Å². The molecule has 1 aromatic rings. The smallest absolute Gasteiger partial charge is 0.124 e. The Morgan fingerprint density at radius 3 is 2.75 bits per heavy atom. The molecule has 2 aliphatic rings. The number of hydrogen-bond donors (Lipinski definition) is 1. The van der Waals surface area contributed by atoms with Crippen molar-refractivity contribution in [3.63, 3.8) is 0 Å². The van der Waals surface area contributed by atoms with E-state index in [0.29, 0.717) is 19.8 Å². The summed E-state index contributed by atoms with van der Waals surface area (Å²) >= 11 is 0. The zero-order chi connectivity index (χ0) is 11.0.